The molecule has 28 heavy (non-hydrogen) atoms. The van der Waals surface area contributed by atoms with Gasteiger partial charge >= 0.3 is 6.01 Å². The first-order valence-corrected chi connectivity index (χ1v) is 9.32. The topological polar surface area (TPSA) is 92.1 Å². The molecule has 150 valence electrons. The van der Waals surface area contributed by atoms with Crippen LogP contribution in [0.5, 0.6) is 6.01 Å². The third kappa shape index (κ3) is 6.17. The molecule has 2 heterocycles. The first kappa shape index (κ1) is 20.0. The Kier molecular flexibility index (Phi) is 6.43. The van der Waals surface area contributed by atoms with E-state index in [1.165, 1.54) is 0 Å². The molecule has 1 saturated heterocycles. The van der Waals surface area contributed by atoms with Crippen LogP contribution in [0.25, 0.3) is 0 Å². The molecule has 1 aliphatic heterocycles. The van der Waals surface area contributed by atoms with Crippen LogP contribution in [0.1, 0.15) is 25.1 Å². The minimum Gasteiger partial charge on any atom is -0.460 e. The van der Waals surface area contributed by atoms with Crippen molar-refractivity contribution in [3.63, 3.8) is 0 Å². The number of hydrogen-bond donors (Lipinski definition) is 2. The zero-order valence-corrected chi connectivity index (χ0v) is 16.6. The number of morpholine rings is 1. The molecule has 0 bridgehead atoms. The largest absolute Gasteiger partial charge is 0.460 e. The SMILES string of the molecule is Cc1cccc(N/N=C/c2cc(N3CCOCC3)nc(OCC(C)(C)O)n2)c1. The molecule has 1 aliphatic rings. The van der Waals surface area contributed by atoms with Gasteiger partial charge < -0.3 is 19.5 Å². The number of aliphatic hydroxyl groups is 1. The average molecular weight is 385 g/mol. The summed E-state index contributed by atoms with van der Waals surface area (Å²) < 4.78 is 11.0. The molecule has 0 radical (unpaired) electrons. The van der Waals surface area contributed by atoms with Gasteiger partial charge in [-0.25, -0.2) is 0 Å². The number of rotatable bonds is 7. The number of benzene rings is 1. The lowest BCUT2D eigenvalue weighted by Gasteiger charge is -2.28. The van der Waals surface area contributed by atoms with Crippen LogP contribution in [-0.2, 0) is 4.74 Å². The van der Waals surface area contributed by atoms with Crippen molar-refractivity contribution in [2.45, 2.75) is 26.4 Å². The molecule has 2 aromatic rings. The highest BCUT2D eigenvalue weighted by Crippen LogP contribution is 2.18. The van der Waals surface area contributed by atoms with Gasteiger partial charge in [0.05, 0.1) is 36.4 Å². The van der Waals surface area contributed by atoms with Crippen LogP contribution in [0.2, 0.25) is 0 Å². The Morgan fingerprint density at radius 3 is 2.79 bits per heavy atom. The lowest BCUT2D eigenvalue weighted by molar-refractivity contribution is 0.0250. The van der Waals surface area contributed by atoms with E-state index < -0.39 is 5.60 Å². The average Bonchev–Trinajstić information content (AvgIpc) is 2.67. The van der Waals surface area contributed by atoms with Crippen LogP contribution < -0.4 is 15.1 Å². The van der Waals surface area contributed by atoms with E-state index in [2.05, 4.69) is 25.4 Å². The molecule has 1 fully saturated rings. The minimum atomic E-state index is -0.973. The fourth-order valence-corrected chi connectivity index (χ4v) is 2.64. The second-order valence-electron chi connectivity index (χ2n) is 7.37. The molecule has 1 aromatic heterocycles. The molecule has 0 aliphatic carbocycles. The van der Waals surface area contributed by atoms with E-state index in [1.54, 1.807) is 20.1 Å². The van der Waals surface area contributed by atoms with E-state index in [9.17, 15) is 5.11 Å². The maximum Gasteiger partial charge on any atom is 0.319 e. The van der Waals surface area contributed by atoms with E-state index in [-0.39, 0.29) is 12.6 Å². The number of nitrogens with one attached hydrogen (secondary N) is 1. The Morgan fingerprint density at radius 2 is 2.07 bits per heavy atom. The third-order valence-electron chi connectivity index (χ3n) is 4.01. The molecule has 1 aromatic carbocycles. The van der Waals surface area contributed by atoms with Gasteiger partial charge in [0.15, 0.2) is 0 Å². The third-order valence-corrected chi connectivity index (χ3v) is 4.01. The molecule has 0 unspecified atom stereocenters. The van der Waals surface area contributed by atoms with Crippen molar-refractivity contribution in [1.29, 1.82) is 0 Å². The van der Waals surface area contributed by atoms with Crippen molar-refractivity contribution in [2.75, 3.05) is 43.2 Å². The number of hydrogen-bond acceptors (Lipinski definition) is 8. The summed E-state index contributed by atoms with van der Waals surface area (Å²) in [5, 5.41) is 14.2. The zero-order chi connectivity index (χ0) is 20.0. The fourth-order valence-electron chi connectivity index (χ4n) is 2.64. The maximum atomic E-state index is 9.91. The fraction of sp³-hybridized carbons (Fsp3) is 0.450. The summed E-state index contributed by atoms with van der Waals surface area (Å²) in [7, 11) is 0. The van der Waals surface area contributed by atoms with Crippen LogP contribution in [-0.4, -0.2) is 59.8 Å². The summed E-state index contributed by atoms with van der Waals surface area (Å²) in [4.78, 5) is 11.0. The van der Waals surface area contributed by atoms with Gasteiger partial charge in [0, 0.05) is 19.2 Å². The van der Waals surface area contributed by atoms with Crippen LogP contribution in [0, 0.1) is 6.92 Å². The van der Waals surface area contributed by atoms with Crippen LogP contribution in [0.15, 0.2) is 35.4 Å². The quantitative estimate of drug-likeness (QED) is 0.558. The molecule has 8 heteroatoms. The first-order valence-electron chi connectivity index (χ1n) is 9.32. The highest BCUT2D eigenvalue weighted by Gasteiger charge is 2.18. The Balaban J connectivity index is 1.78. The lowest BCUT2D eigenvalue weighted by atomic mass is 10.2. The standard InChI is InChI=1S/C20H27N5O3/c1-15-5-4-6-16(11-15)24-21-13-17-12-18(25-7-9-27-10-8-25)23-19(22-17)28-14-20(2,3)26/h4-6,11-13,24,26H,7-10,14H2,1-3H3/b21-13+. The maximum absolute atomic E-state index is 9.91. The van der Waals surface area contributed by atoms with Gasteiger partial charge in [0.1, 0.15) is 12.4 Å². The molecule has 0 amide bonds. The van der Waals surface area contributed by atoms with Gasteiger partial charge in [-0.3, -0.25) is 5.43 Å². The summed E-state index contributed by atoms with van der Waals surface area (Å²) in [6.45, 7) is 8.28. The Labute approximate surface area is 165 Å². The summed E-state index contributed by atoms with van der Waals surface area (Å²) in [5.74, 6) is 0.751. The molecule has 8 nitrogen and oxygen atoms in total. The van der Waals surface area contributed by atoms with Gasteiger partial charge in [-0.15, -0.1) is 0 Å². The van der Waals surface area contributed by atoms with E-state index in [0.717, 1.165) is 30.2 Å². The molecule has 0 atom stereocenters. The van der Waals surface area contributed by atoms with E-state index >= 15 is 0 Å². The second kappa shape index (κ2) is 8.99. The highest BCUT2D eigenvalue weighted by molar-refractivity contribution is 5.79. The molecule has 0 spiro atoms. The van der Waals surface area contributed by atoms with Crippen molar-refractivity contribution in [1.82, 2.24) is 9.97 Å². The molecule has 3 rings (SSSR count). The van der Waals surface area contributed by atoms with Gasteiger partial charge in [-0.2, -0.15) is 15.1 Å². The van der Waals surface area contributed by atoms with Crippen molar-refractivity contribution in [2.24, 2.45) is 5.10 Å². The summed E-state index contributed by atoms with van der Waals surface area (Å²) in [6.07, 6.45) is 1.63. The molecule has 2 N–H and O–H groups in total. The van der Waals surface area contributed by atoms with Crippen LogP contribution in [0.3, 0.4) is 0 Å². The normalized spacial score (nSPS) is 15.1. The smallest absolute Gasteiger partial charge is 0.319 e. The number of ether oxygens (including phenoxy) is 2. The predicted octanol–water partition coefficient (Wildman–Crippen LogP) is 2.22. The van der Waals surface area contributed by atoms with Crippen LogP contribution in [0.4, 0.5) is 11.5 Å². The number of hydrazone groups is 1. The minimum absolute atomic E-state index is 0.0949. The first-order chi connectivity index (χ1) is 13.4. The molecular weight excluding hydrogens is 358 g/mol. The van der Waals surface area contributed by atoms with E-state index in [1.807, 2.05) is 37.3 Å². The van der Waals surface area contributed by atoms with E-state index in [4.69, 9.17) is 9.47 Å². The van der Waals surface area contributed by atoms with Crippen LogP contribution >= 0.6 is 0 Å². The van der Waals surface area contributed by atoms with Crippen molar-refractivity contribution < 1.29 is 14.6 Å². The lowest BCUT2D eigenvalue weighted by Crippen LogP contribution is -2.37. The van der Waals surface area contributed by atoms with Gasteiger partial charge in [-0.1, -0.05) is 12.1 Å². The molecule has 0 saturated carbocycles. The van der Waals surface area contributed by atoms with Gasteiger partial charge in [-0.05, 0) is 38.5 Å². The van der Waals surface area contributed by atoms with Crippen molar-refractivity contribution in [3.05, 3.63) is 41.6 Å². The van der Waals surface area contributed by atoms with Gasteiger partial charge in [0.25, 0.3) is 0 Å². The Hall–Kier alpha value is -2.71. The highest BCUT2D eigenvalue weighted by atomic mass is 16.5. The summed E-state index contributed by atoms with van der Waals surface area (Å²) in [5.41, 5.74) is 4.70. The second-order valence-corrected chi connectivity index (χ2v) is 7.37. The summed E-state index contributed by atoms with van der Waals surface area (Å²) >= 11 is 0. The number of nitrogens with zero attached hydrogens (tertiary/aromatic N) is 4. The number of anilines is 2. The predicted molar refractivity (Wildman–Crippen MR) is 109 cm³/mol. The Bertz CT molecular complexity index is 814. The molecular formula is C20H27N5O3. The number of aromatic nitrogens is 2. The summed E-state index contributed by atoms with van der Waals surface area (Å²) in [6, 6.07) is 10.0. The van der Waals surface area contributed by atoms with Crippen molar-refractivity contribution in [3.8, 4) is 6.01 Å². The van der Waals surface area contributed by atoms with E-state index in [0.29, 0.717) is 18.9 Å². The van der Waals surface area contributed by atoms with Crippen molar-refractivity contribution >= 4 is 17.7 Å². The Morgan fingerprint density at radius 1 is 1.29 bits per heavy atom. The number of aryl methyl sites for hydroxylation is 1. The monoisotopic (exact) mass is 385 g/mol. The van der Waals surface area contributed by atoms with Gasteiger partial charge in [0.2, 0.25) is 0 Å². The zero-order valence-electron chi connectivity index (χ0n) is 16.6.